The minimum Gasteiger partial charge on any atom is -0.478 e. The van der Waals surface area contributed by atoms with Crippen molar-refractivity contribution in [3.8, 4) is 0 Å². The zero-order valence-corrected chi connectivity index (χ0v) is 15.9. The number of aromatic carboxylic acids is 1. The van der Waals surface area contributed by atoms with Gasteiger partial charge in [-0.1, -0.05) is 18.2 Å². The van der Waals surface area contributed by atoms with Crippen LogP contribution >= 0.6 is 0 Å². The number of carbonyl (C=O) groups excluding carboxylic acids is 2. The SMILES string of the molecule is Cc1cc(C(=O)O)cc(C(=O)N2CCCC(CNC(=O)c3ccccc3)C2)c1. The molecule has 6 heteroatoms. The van der Waals surface area contributed by atoms with E-state index in [0.29, 0.717) is 30.8 Å². The fourth-order valence-corrected chi connectivity index (χ4v) is 3.56. The highest BCUT2D eigenvalue weighted by Crippen LogP contribution is 2.20. The summed E-state index contributed by atoms with van der Waals surface area (Å²) in [6.45, 7) is 3.47. The van der Waals surface area contributed by atoms with Crippen molar-refractivity contribution in [3.63, 3.8) is 0 Å². The molecular formula is C22H24N2O4. The first-order chi connectivity index (χ1) is 13.4. The molecular weight excluding hydrogens is 356 g/mol. The summed E-state index contributed by atoms with van der Waals surface area (Å²) in [4.78, 5) is 38.1. The number of nitrogens with zero attached hydrogens (tertiary/aromatic N) is 1. The van der Waals surface area contributed by atoms with Gasteiger partial charge in [-0.3, -0.25) is 9.59 Å². The van der Waals surface area contributed by atoms with E-state index < -0.39 is 5.97 Å². The summed E-state index contributed by atoms with van der Waals surface area (Å²) in [6.07, 6.45) is 1.79. The van der Waals surface area contributed by atoms with Gasteiger partial charge in [0.25, 0.3) is 11.8 Å². The van der Waals surface area contributed by atoms with E-state index >= 15 is 0 Å². The van der Waals surface area contributed by atoms with E-state index in [-0.39, 0.29) is 23.3 Å². The van der Waals surface area contributed by atoms with Crippen LogP contribution in [0, 0.1) is 12.8 Å². The first kappa shape index (κ1) is 19.6. The molecule has 0 bridgehead atoms. The summed E-state index contributed by atoms with van der Waals surface area (Å²) in [5.74, 6) is -1.15. The molecule has 28 heavy (non-hydrogen) atoms. The number of nitrogens with one attached hydrogen (secondary N) is 1. The van der Waals surface area contributed by atoms with Crippen molar-refractivity contribution in [1.82, 2.24) is 10.2 Å². The molecule has 2 aromatic carbocycles. The predicted molar refractivity (Wildman–Crippen MR) is 106 cm³/mol. The molecule has 1 aliphatic heterocycles. The van der Waals surface area contributed by atoms with Gasteiger partial charge in [-0.25, -0.2) is 4.79 Å². The molecule has 2 amide bonds. The molecule has 0 aromatic heterocycles. The lowest BCUT2D eigenvalue weighted by Crippen LogP contribution is -2.43. The molecule has 1 fully saturated rings. The monoisotopic (exact) mass is 380 g/mol. The largest absolute Gasteiger partial charge is 0.478 e. The maximum Gasteiger partial charge on any atom is 0.335 e. The lowest BCUT2D eigenvalue weighted by atomic mass is 9.96. The minimum atomic E-state index is -1.04. The highest BCUT2D eigenvalue weighted by atomic mass is 16.4. The van der Waals surface area contributed by atoms with E-state index in [0.717, 1.165) is 18.4 Å². The summed E-state index contributed by atoms with van der Waals surface area (Å²) in [5.41, 5.74) is 1.87. The van der Waals surface area contributed by atoms with Crippen molar-refractivity contribution in [2.24, 2.45) is 5.92 Å². The van der Waals surface area contributed by atoms with Gasteiger partial charge in [0.05, 0.1) is 5.56 Å². The van der Waals surface area contributed by atoms with Crippen LogP contribution in [-0.4, -0.2) is 47.4 Å². The van der Waals surface area contributed by atoms with Crippen LogP contribution in [0.4, 0.5) is 0 Å². The lowest BCUT2D eigenvalue weighted by molar-refractivity contribution is 0.0670. The van der Waals surface area contributed by atoms with Crippen LogP contribution in [0.1, 0.15) is 49.5 Å². The summed E-state index contributed by atoms with van der Waals surface area (Å²) < 4.78 is 0. The van der Waals surface area contributed by atoms with E-state index in [1.54, 1.807) is 36.1 Å². The van der Waals surface area contributed by atoms with Crippen LogP contribution in [0.25, 0.3) is 0 Å². The Hall–Kier alpha value is -3.15. The molecule has 0 aliphatic carbocycles. The van der Waals surface area contributed by atoms with Crippen LogP contribution in [0.2, 0.25) is 0 Å². The third kappa shape index (κ3) is 4.76. The zero-order chi connectivity index (χ0) is 20.1. The van der Waals surface area contributed by atoms with E-state index in [4.69, 9.17) is 0 Å². The van der Waals surface area contributed by atoms with Gasteiger partial charge in [0.2, 0.25) is 0 Å². The van der Waals surface area contributed by atoms with Gasteiger partial charge in [0, 0.05) is 30.8 Å². The Bertz CT molecular complexity index is 879. The summed E-state index contributed by atoms with van der Waals surface area (Å²) >= 11 is 0. The highest BCUT2D eigenvalue weighted by Gasteiger charge is 2.25. The second-order valence-corrected chi connectivity index (χ2v) is 7.23. The molecule has 0 saturated carbocycles. The Labute approximate surface area is 164 Å². The van der Waals surface area contributed by atoms with Crippen molar-refractivity contribution in [1.29, 1.82) is 0 Å². The van der Waals surface area contributed by atoms with Crippen LogP contribution in [0.15, 0.2) is 48.5 Å². The van der Waals surface area contributed by atoms with E-state index in [1.807, 2.05) is 18.2 Å². The molecule has 0 spiro atoms. The number of rotatable bonds is 5. The number of hydrogen-bond donors (Lipinski definition) is 2. The van der Waals surface area contributed by atoms with Gasteiger partial charge < -0.3 is 15.3 Å². The molecule has 1 unspecified atom stereocenters. The molecule has 6 nitrogen and oxygen atoms in total. The van der Waals surface area contributed by atoms with E-state index in [1.165, 1.54) is 6.07 Å². The van der Waals surface area contributed by atoms with E-state index in [2.05, 4.69) is 5.32 Å². The van der Waals surface area contributed by atoms with Crippen molar-refractivity contribution in [3.05, 3.63) is 70.8 Å². The van der Waals surface area contributed by atoms with Crippen molar-refractivity contribution in [2.45, 2.75) is 19.8 Å². The first-order valence-corrected chi connectivity index (χ1v) is 9.41. The normalized spacial score (nSPS) is 16.5. The van der Waals surface area contributed by atoms with Crippen LogP contribution in [0.3, 0.4) is 0 Å². The molecule has 2 aromatic rings. The maximum absolute atomic E-state index is 12.9. The van der Waals surface area contributed by atoms with Crippen molar-refractivity contribution >= 4 is 17.8 Å². The number of carboxylic acid groups (broad SMARTS) is 1. The van der Waals surface area contributed by atoms with Gasteiger partial charge in [0.1, 0.15) is 0 Å². The Morgan fingerprint density at radius 2 is 1.79 bits per heavy atom. The van der Waals surface area contributed by atoms with Gasteiger partial charge in [-0.2, -0.15) is 0 Å². The number of likely N-dealkylation sites (tertiary alicyclic amines) is 1. The maximum atomic E-state index is 12.9. The number of hydrogen-bond acceptors (Lipinski definition) is 3. The summed E-state index contributed by atoms with van der Waals surface area (Å²) in [6, 6.07) is 13.7. The fraction of sp³-hybridized carbons (Fsp3) is 0.318. The molecule has 3 rings (SSSR count). The van der Waals surface area contributed by atoms with Gasteiger partial charge in [-0.05, 0) is 61.6 Å². The topological polar surface area (TPSA) is 86.7 Å². The molecule has 0 radical (unpaired) electrons. The Morgan fingerprint density at radius 3 is 2.50 bits per heavy atom. The molecule has 146 valence electrons. The third-order valence-electron chi connectivity index (χ3n) is 4.96. The molecule has 1 atom stereocenters. The summed E-state index contributed by atoms with van der Waals surface area (Å²) in [7, 11) is 0. The summed E-state index contributed by atoms with van der Waals surface area (Å²) in [5, 5.41) is 12.2. The van der Waals surface area contributed by atoms with Crippen molar-refractivity contribution < 1.29 is 19.5 Å². The van der Waals surface area contributed by atoms with Gasteiger partial charge in [0.15, 0.2) is 0 Å². The van der Waals surface area contributed by atoms with Crippen LogP contribution in [0.5, 0.6) is 0 Å². The molecule has 1 aliphatic rings. The number of piperidine rings is 1. The van der Waals surface area contributed by atoms with Crippen LogP contribution < -0.4 is 5.32 Å². The quantitative estimate of drug-likeness (QED) is 0.835. The van der Waals surface area contributed by atoms with E-state index in [9.17, 15) is 19.5 Å². The van der Waals surface area contributed by atoms with Crippen molar-refractivity contribution in [2.75, 3.05) is 19.6 Å². The zero-order valence-electron chi connectivity index (χ0n) is 15.9. The number of carbonyl (C=O) groups is 3. The first-order valence-electron chi connectivity index (χ1n) is 9.41. The fourth-order valence-electron chi connectivity index (χ4n) is 3.56. The highest BCUT2D eigenvalue weighted by molar-refractivity contribution is 5.98. The minimum absolute atomic E-state index is 0.117. The molecule has 2 N–H and O–H groups in total. The standard InChI is InChI=1S/C22H24N2O4/c1-15-10-18(12-19(11-15)22(27)28)21(26)24-9-5-6-16(14-24)13-23-20(25)17-7-3-2-4-8-17/h2-4,7-8,10-12,16H,5-6,9,13-14H2,1H3,(H,23,25)(H,27,28). The second-order valence-electron chi connectivity index (χ2n) is 7.23. The average Bonchev–Trinajstić information content (AvgIpc) is 2.71. The Kier molecular flexibility index (Phi) is 6.09. The third-order valence-corrected chi connectivity index (χ3v) is 4.96. The number of amides is 2. The Morgan fingerprint density at radius 1 is 1.07 bits per heavy atom. The number of benzene rings is 2. The number of carboxylic acids is 1. The predicted octanol–water partition coefficient (Wildman–Crippen LogP) is 2.98. The Balaban J connectivity index is 1.62. The second kappa shape index (κ2) is 8.69. The number of aryl methyl sites for hydroxylation is 1. The smallest absolute Gasteiger partial charge is 0.335 e. The average molecular weight is 380 g/mol. The van der Waals surface area contributed by atoms with Crippen LogP contribution in [-0.2, 0) is 0 Å². The lowest BCUT2D eigenvalue weighted by Gasteiger charge is -2.33. The van der Waals surface area contributed by atoms with Gasteiger partial charge in [-0.15, -0.1) is 0 Å². The molecule has 1 saturated heterocycles. The van der Waals surface area contributed by atoms with Gasteiger partial charge >= 0.3 is 5.97 Å². The molecule has 1 heterocycles.